The lowest BCUT2D eigenvalue weighted by molar-refractivity contribution is -0.135. The van der Waals surface area contributed by atoms with E-state index in [1.165, 1.54) is 11.1 Å². The molecular weight excluding hydrogens is 326 g/mol. The molecule has 0 spiro atoms. The molecule has 2 aliphatic heterocycles. The zero-order valence-electron chi connectivity index (χ0n) is 15.9. The summed E-state index contributed by atoms with van der Waals surface area (Å²) in [7, 11) is 0. The molecule has 0 radical (unpaired) electrons. The number of benzene rings is 1. The third kappa shape index (κ3) is 3.40. The number of fused-ring (bicyclic) bond motifs is 1. The Morgan fingerprint density at radius 1 is 1.19 bits per heavy atom. The molecule has 0 bridgehead atoms. The van der Waals surface area contributed by atoms with Crippen LogP contribution >= 0.6 is 0 Å². The summed E-state index contributed by atoms with van der Waals surface area (Å²) >= 11 is 0. The van der Waals surface area contributed by atoms with E-state index in [9.17, 15) is 4.79 Å². The fraction of sp³-hybridized carbons (Fsp3) is 0.667. The van der Waals surface area contributed by atoms with E-state index in [1.807, 2.05) is 0 Å². The topological polar surface area (TPSA) is 44.8 Å². The average molecular weight is 357 g/mol. The van der Waals surface area contributed by atoms with Crippen LogP contribution in [0.15, 0.2) is 24.3 Å². The second-order valence-corrected chi connectivity index (χ2v) is 7.92. The number of nitrogens with zero attached hydrogens (tertiary/aromatic N) is 2. The van der Waals surface area contributed by atoms with Crippen molar-refractivity contribution in [2.45, 2.75) is 44.2 Å². The predicted octanol–water partition coefficient (Wildman–Crippen LogP) is 1.46. The van der Waals surface area contributed by atoms with Gasteiger partial charge in [-0.3, -0.25) is 9.69 Å². The van der Waals surface area contributed by atoms with E-state index in [0.29, 0.717) is 6.54 Å². The van der Waals surface area contributed by atoms with Gasteiger partial charge in [0.2, 0.25) is 5.91 Å². The van der Waals surface area contributed by atoms with E-state index in [2.05, 4.69) is 46.3 Å². The minimum absolute atomic E-state index is 0.189. The van der Waals surface area contributed by atoms with Crippen molar-refractivity contribution in [1.82, 2.24) is 15.1 Å². The summed E-state index contributed by atoms with van der Waals surface area (Å²) in [6.45, 7) is 8.81. The van der Waals surface area contributed by atoms with Gasteiger partial charge in [0, 0.05) is 52.2 Å². The second kappa shape index (κ2) is 7.67. The van der Waals surface area contributed by atoms with Crippen molar-refractivity contribution in [2.75, 3.05) is 45.9 Å². The van der Waals surface area contributed by atoms with Gasteiger partial charge in [0.05, 0.1) is 6.10 Å². The number of rotatable bonds is 5. The Kier molecular flexibility index (Phi) is 5.30. The van der Waals surface area contributed by atoms with Crippen LogP contribution in [0.1, 0.15) is 30.9 Å². The van der Waals surface area contributed by atoms with Gasteiger partial charge < -0.3 is 15.0 Å². The van der Waals surface area contributed by atoms with Crippen LogP contribution in [-0.2, 0) is 22.4 Å². The summed E-state index contributed by atoms with van der Waals surface area (Å²) in [5.74, 6) is 0.189. The molecule has 0 saturated carbocycles. The van der Waals surface area contributed by atoms with Gasteiger partial charge in [-0.2, -0.15) is 0 Å². The zero-order chi connectivity index (χ0) is 18.0. The standard InChI is InChI=1S/C21H31N3O2/c1-2-23-9-11-24(12-10-23)21(14-17-6-3-4-7-18(17)15-21)20(25)22-16-19-8-5-13-26-19/h3-4,6-7,19H,2,5,8-16H2,1H3,(H,22,25). The summed E-state index contributed by atoms with van der Waals surface area (Å²) in [4.78, 5) is 18.3. The van der Waals surface area contributed by atoms with E-state index >= 15 is 0 Å². The van der Waals surface area contributed by atoms with Crippen LogP contribution in [0, 0.1) is 0 Å². The van der Waals surface area contributed by atoms with Crippen LogP contribution in [0.4, 0.5) is 0 Å². The number of ether oxygens (including phenoxy) is 1. The molecule has 1 aliphatic carbocycles. The van der Waals surface area contributed by atoms with Crippen LogP contribution < -0.4 is 5.32 Å². The number of likely N-dealkylation sites (N-methyl/N-ethyl adjacent to an activating group) is 1. The number of carbonyl (C=O) groups is 1. The molecule has 1 N–H and O–H groups in total. The molecule has 1 aromatic carbocycles. The molecule has 3 aliphatic rings. The molecule has 2 saturated heterocycles. The first-order valence-corrected chi connectivity index (χ1v) is 10.2. The van der Waals surface area contributed by atoms with Crippen molar-refractivity contribution >= 4 is 5.91 Å². The zero-order valence-corrected chi connectivity index (χ0v) is 15.9. The third-order valence-electron chi connectivity index (χ3n) is 6.45. The first-order valence-electron chi connectivity index (χ1n) is 10.2. The van der Waals surface area contributed by atoms with Gasteiger partial charge in [-0.15, -0.1) is 0 Å². The highest BCUT2D eigenvalue weighted by molar-refractivity contribution is 5.88. The van der Waals surface area contributed by atoms with Crippen molar-refractivity contribution in [3.8, 4) is 0 Å². The monoisotopic (exact) mass is 357 g/mol. The SMILES string of the molecule is CCN1CCN(C2(C(=O)NCC3CCCO3)Cc3ccccc3C2)CC1. The Morgan fingerprint density at radius 2 is 1.88 bits per heavy atom. The number of nitrogens with one attached hydrogen (secondary N) is 1. The molecule has 142 valence electrons. The van der Waals surface area contributed by atoms with Crippen LogP contribution in [-0.4, -0.2) is 73.2 Å². The summed E-state index contributed by atoms with van der Waals surface area (Å²) in [6.07, 6.45) is 4.01. The molecule has 2 fully saturated rings. The Hall–Kier alpha value is -1.43. The molecule has 0 aromatic heterocycles. The van der Waals surface area contributed by atoms with Gasteiger partial charge in [-0.05, 0) is 30.5 Å². The highest BCUT2D eigenvalue weighted by Crippen LogP contribution is 2.35. The van der Waals surface area contributed by atoms with Crippen LogP contribution in [0.3, 0.4) is 0 Å². The van der Waals surface area contributed by atoms with Crippen molar-refractivity contribution in [3.63, 3.8) is 0 Å². The Morgan fingerprint density at radius 3 is 2.46 bits per heavy atom. The number of hydrogen-bond acceptors (Lipinski definition) is 4. The minimum Gasteiger partial charge on any atom is -0.376 e. The smallest absolute Gasteiger partial charge is 0.241 e. The molecule has 1 aromatic rings. The van der Waals surface area contributed by atoms with Crippen molar-refractivity contribution < 1.29 is 9.53 Å². The predicted molar refractivity (Wildman–Crippen MR) is 102 cm³/mol. The maximum absolute atomic E-state index is 13.4. The maximum atomic E-state index is 13.4. The molecule has 1 amide bonds. The molecule has 5 nitrogen and oxygen atoms in total. The molecular formula is C21H31N3O2. The van der Waals surface area contributed by atoms with Gasteiger partial charge >= 0.3 is 0 Å². The number of piperazine rings is 1. The van der Waals surface area contributed by atoms with Crippen LogP contribution in [0.5, 0.6) is 0 Å². The fourth-order valence-corrected chi connectivity index (χ4v) is 4.79. The van der Waals surface area contributed by atoms with E-state index in [0.717, 1.165) is 65.0 Å². The lowest BCUT2D eigenvalue weighted by atomic mass is 9.90. The maximum Gasteiger partial charge on any atom is 0.241 e. The molecule has 26 heavy (non-hydrogen) atoms. The summed E-state index contributed by atoms with van der Waals surface area (Å²) in [6, 6.07) is 8.56. The molecule has 4 rings (SSSR count). The van der Waals surface area contributed by atoms with Crippen molar-refractivity contribution in [3.05, 3.63) is 35.4 Å². The molecule has 5 heteroatoms. The van der Waals surface area contributed by atoms with Crippen LogP contribution in [0.2, 0.25) is 0 Å². The second-order valence-electron chi connectivity index (χ2n) is 7.92. The first-order chi connectivity index (χ1) is 12.7. The molecule has 1 atom stereocenters. The number of hydrogen-bond donors (Lipinski definition) is 1. The van der Waals surface area contributed by atoms with Gasteiger partial charge in [-0.25, -0.2) is 0 Å². The Balaban J connectivity index is 1.51. The summed E-state index contributed by atoms with van der Waals surface area (Å²) < 4.78 is 5.70. The molecule has 2 heterocycles. The highest BCUT2D eigenvalue weighted by atomic mass is 16.5. The quantitative estimate of drug-likeness (QED) is 0.867. The highest BCUT2D eigenvalue weighted by Gasteiger charge is 2.48. The van der Waals surface area contributed by atoms with Gasteiger partial charge in [0.15, 0.2) is 0 Å². The lowest BCUT2D eigenvalue weighted by Gasteiger charge is -2.44. The van der Waals surface area contributed by atoms with E-state index < -0.39 is 5.54 Å². The Labute approximate surface area is 156 Å². The number of carbonyl (C=O) groups excluding carboxylic acids is 1. The third-order valence-corrected chi connectivity index (χ3v) is 6.45. The largest absolute Gasteiger partial charge is 0.376 e. The molecule has 1 unspecified atom stereocenters. The Bertz CT molecular complexity index is 609. The van der Waals surface area contributed by atoms with E-state index in [-0.39, 0.29) is 12.0 Å². The van der Waals surface area contributed by atoms with Crippen LogP contribution in [0.25, 0.3) is 0 Å². The number of amides is 1. The van der Waals surface area contributed by atoms with Gasteiger partial charge in [0.25, 0.3) is 0 Å². The van der Waals surface area contributed by atoms with Gasteiger partial charge in [0.1, 0.15) is 5.54 Å². The van der Waals surface area contributed by atoms with E-state index in [1.54, 1.807) is 0 Å². The van der Waals surface area contributed by atoms with E-state index in [4.69, 9.17) is 4.74 Å². The lowest BCUT2D eigenvalue weighted by Crippen LogP contribution is -2.64. The summed E-state index contributed by atoms with van der Waals surface area (Å²) in [5, 5.41) is 3.25. The normalized spacial score (nSPS) is 26.0. The van der Waals surface area contributed by atoms with Crippen molar-refractivity contribution in [2.24, 2.45) is 0 Å². The van der Waals surface area contributed by atoms with Crippen molar-refractivity contribution in [1.29, 1.82) is 0 Å². The summed E-state index contributed by atoms with van der Waals surface area (Å²) in [5.41, 5.74) is 2.23. The van der Waals surface area contributed by atoms with Gasteiger partial charge in [-0.1, -0.05) is 31.2 Å². The average Bonchev–Trinajstić information content (AvgIpc) is 3.34. The first kappa shape index (κ1) is 18.0. The minimum atomic E-state index is -0.428. The fourth-order valence-electron chi connectivity index (χ4n) is 4.79.